The third kappa shape index (κ3) is 3.06. The fourth-order valence-corrected chi connectivity index (χ4v) is 2.41. The van der Waals surface area contributed by atoms with Crippen LogP contribution in [0, 0.1) is 6.92 Å². The van der Waals surface area contributed by atoms with Crippen molar-refractivity contribution in [1.29, 1.82) is 0 Å². The summed E-state index contributed by atoms with van der Waals surface area (Å²) in [6.07, 6.45) is 2.15. The van der Waals surface area contributed by atoms with Gasteiger partial charge in [0, 0.05) is 22.7 Å². The summed E-state index contributed by atoms with van der Waals surface area (Å²) < 4.78 is 5.75. The van der Waals surface area contributed by atoms with Crippen molar-refractivity contribution in [2.45, 2.75) is 25.8 Å². The summed E-state index contributed by atoms with van der Waals surface area (Å²) in [5.74, 6) is 0.898. The van der Waals surface area contributed by atoms with Crippen molar-refractivity contribution in [1.82, 2.24) is 15.5 Å². The molecule has 1 aromatic heterocycles. The topological polar surface area (TPSA) is 68.0 Å². The van der Waals surface area contributed by atoms with E-state index in [2.05, 4.69) is 15.5 Å². The van der Waals surface area contributed by atoms with Crippen LogP contribution in [-0.4, -0.2) is 22.1 Å². The van der Waals surface area contributed by atoms with Crippen LogP contribution in [0.5, 0.6) is 0 Å². The van der Waals surface area contributed by atoms with Gasteiger partial charge in [-0.2, -0.15) is 0 Å². The van der Waals surface area contributed by atoms with Crippen molar-refractivity contribution in [2.75, 3.05) is 0 Å². The monoisotopic (exact) mass is 319 g/mol. The quantitative estimate of drug-likeness (QED) is 0.798. The number of nitrogens with zero attached hydrogens (tertiary/aromatic N) is 2. The van der Waals surface area contributed by atoms with Gasteiger partial charge in [-0.3, -0.25) is 4.79 Å². The molecular weight excluding hydrogens is 302 g/mol. The molecule has 0 atom stereocenters. The molecule has 1 heterocycles. The molecule has 24 heavy (non-hydrogen) atoms. The Balaban J connectivity index is 1.53. The van der Waals surface area contributed by atoms with E-state index in [1.165, 1.54) is 5.56 Å². The molecule has 5 nitrogen and oxygen atoms in total. The first-order valence-electron chi connectivity index (χ1n) is 8.01. The fourth-order valence-electron chi connectivity index (χ4n) is 2.41. The molecule has 1 N–H and O–H groups in total. The molecule has 0 unspecified atom stereocenters. The second-order valence-corrected chi connectivity index (χ2v) is 6.10. The molecule has 1 amide bonds. The van der Waals surface area contributed by atoms with Crippen LogP contribution in [0.1, 0.15) is 28.8 Å². The first-order chi connectivity index (χ1) is 11.7. The third-order valence-corrected chi connectivity index (χ3v) is 4.03. The van der Waals surface area contributed by atoms with Crippen molar-refractivity contribution in [3.05, 3.63) is 59.7 Å². The van der Waals surface area contributed by atoms with E-state index in [4.69, 9.17) is 4.42 Å². The van der Waals surface area contributed by atoms with Gasteiger partial charge in [0.25, 0.3) is 5.91 Å². The van der Waals surface area contributed by atoms with Crippen LogP contribution in [0.15, 0.2) is 52.9 Å². The molecule has 1 saturated carbocycles. The van der Waals surface area contributed by atoms with Gasteiger partial charge in [-0.15, -0.1) is 10.2 Å². The highest BCUT2D eigenvalue weighted by Gasteiger charge is 2.23. The molecule has 1 fully saturated rings. The Morgan fingerprint density at radius 2 is 1.50 bits per heavy atom. The molecule has 2 aromatic carbocycles. The van der Waals surface area contributed by atoms with Gasteiger partial charge in [0.15, 0.2) is 0 Å². The van der Waals surface area contributed by atoms with Gasteiger partial charge < -0.3 is 9.73 Å². The summed E-state index contributed by atoms with van der Waals surface area (Å²) in [5, 5.41) is 11.2. The van der Waals surface area contributed by atoms with E-state index in [1.807, 2.05) is 43.3 Å². The van der Waals surface area contributed by atoms with E-state index in [1.54, 1.807) is 12.1 Å². The number of amides is 1. The molecule has 5 heteroatoms. The lowest BCUT2D eigenvalue weighted by Crippen LogP contribution is -2.25. The van der Waals surface area contributed by atoms with Crippen LogP contribution in [0.3, 0.4) is 0 Å². The summed E-state index contributed by atoms with van der Waals surface area (Å²) in [5.41, 5.74) is 3.51. The van der Waals surface area contributed by atoms with E-state index in [-0.39, 0.29) is 5.91 Å². The number of rotatable bonds is 4. The Bertz CT molecular complexity index is 862. The number of aromatic nitrogens is 2. The van der Waals surface area contributed by atoms with E-state index in [0.29, 0.717) is 23.4 Å². The lowest BCUT2D eigenvalue weighted by Gasteiger charge is -2.03. The van der Waals surface area contributed by atoms with E-state index in [0.717, 1.165) is 24.0 Å². The predicted molar refractivity (Wildman–Crippen MR) is 90.4 cm³/mol. The highest BCUT2D eigenvalue weighted by Crippen LogP contribution is 2.25. The zero-order valence-electron chi connectivity index (χ0n) is 13.3. The van der Waals surface area contributed by atoms with Crippen molar-refractivity contribution in [2.24, 2.45) is 0 Å². The van der Waals surface area contributed by atoms with Gasteiger partial charge in [0.2, 0.25) is 11.8 Å². The van der Waals surface area contributed by atoms with Gasteiger partial charge >= 0.3 is 0 Å². The predicted octanol–water partition coefficient (Wildman–Crippen LogP) is 3.60. The van der Waals surface area contributed by atoms with Gasteiger partial charge in [-0.25, -0.2) is 0 Å². The molecule has 0 spiro atoms. The number of nitrogens with one attached hydrogen (secondary N) is 1. The molecule has 4 rings (SSSR count). The minimum atomic E-state index is -0.0325. The van der Waals surface area contributed by atoms with Gasteiger partial charge in [0.1, 0.15) is 0 Å². The average Bonchev–Trinajstić information content (AvgIpc) is 3.28. The Kier molecular flexibility index (Phi) is 3.61. The van der Waals surface area contributed by atoms with Crippen LogP contribution in [0.25, 0.3) is 22.9 Å². The molecular formula is C19H17N3O2. The zero-order chi connectivity index (χ0) is 16.5. The second kappa shape index (κ2) is 5.92. The number of carbonyl (C=O) groups excluding carboxylic acids is 1. The highest BCUT2D eigenvalue weighted by molar-refractivity contribution is 5.94. The SMILES string of the molecule is Cc1ccc(-c2nnc(-c3ccc(C(=O)NC4CC4)cc3)o2)cc1. The highest BCUT2D eigenvalue weighted by atomic mass is 16.4. The molecule has 1 aliphatic rings. The van der Waals surface area contributed by atoms with Crippen LogP contribution >= 0.6 is 0 Å². The Morgan fingerprint density at radius 1 is 0.958 bits per heavy atom. The number of hydrogen-bond donors (Lipinski definition) is 1. The summed E-state index contributed by atoms with van der Waals surface area (Å²) in [6, 6.07) is 15.5. The third-order valence-electron chi connectivity index (χ3n) is 4.03. The lowest BCUT2D eigenvalue weighted by atomic mass is 10.1. The van der Waals surface area contributed by atoms with Crippen LogP contribution in [0.2, 0.25) is 0 Å². The smallest absolute Gasteiger partial charge is 0.251 e. The summed E-state index contributed by atoms with van der Waals surface area (Å²) in [7, 11) is 0. The van der Waals surface area contributed by atoms with E-state index in [9.17, 15) is 4.79 Å². The summed E-state index contributed by atoms with van der Waals surface area (Å²) in [6.45, 7) is 2.03. The molecule has 1 aliphatic carbocycles. The molecule has 0 saturated heterocycles. The zero-order valence-corrected chi connectivity index (χ0v) is 13.3. The first kappa shape index (κ1) is 14.6. The van der Waals surface area contributed by atoms with Gasteiger partial charge in [-0.05, 0) is 56.2 Å². The Labute approximate surface area is 139 Å². The molecule has 0 radical (unpaired) electrons. The molecule has 0 aliphatic heterocycles. The maximum Gasteiger partial charge on any atom is 0.251 e. The van der Waals surface area contributed by atoms with Crippen molar-refractivity contribution < 1.29 is 9.21 Å². The number of aryl methyl sites for hydroxylation is 1. The van der Waals surface area contributed by atoms with Crippen LogP contribution in [0.4, 0.5) is 0 Å². The van der Waals surface area contributed by atoms with Crippen LogP contribution < -0.4 is 5.32 Å². The minimum absolute atomic E-state index is 0.0325. The normalized spacial score (nSPS) is 13.7. The van der Waals surface area contributed by atoms with E-state index >= 15 is 0 Å². The fraction of sp³-hybridized carbons (Fsp3) is 0.211. The standard InChI is InChI=1S/C19H17N3O2/c1-12-2-4-14(5-3-12)18-21-22-19(24-18)15-8-6-13(7-9-15)17(23)20-16-10-11-16/h2-9,16H,10-11H2,1H3,(H,20,23). The number of hydrogen-bond acceptors (Lipinski definition) is 4. The van der Waals surface area contributed by atoms with E-state index < -0.39 is 0 Å². The summed E-state index contributed by atoms with van der Waals surface area (Å²) in [4.78, 5) is 12.0. The number of benzene rings is 2. The van der Waals surface area contributed by atoms with Crippen molar-refractivity contribution in [3.63, 3.8) is 0 Å². The molecule has 120 valence electrons. The largest absolute Gasteiger partial charge is 0.416 e. The average molecular weight is 319 g/mol. The molecule has 0 bridgehead atoms. The Morgan fingerprint density at radius 3 is 2.04 bits per heavy atom. The van der Waals surface area contributed by atoms with Gasteiger partial charge in [0.05, 0.1) is 0 Å². The van der Waals surface area contributed by atoms with Gasteiger partial charge in [-0.1, -0.05) is 17.7 Å². The molecule has 3 aromatic rings. The van der Waals surface area contributed by atoms with Crippen molar-refractivity contribution in [3.8, 4) is 22.9 Å². The Hall–Kier alpha value is -2.95. The summed E-state index contributed by atoms with van der Waals surface area (Å²) >= 11 is 0. The maximum absolute atomic E-state index is 12.0. The maximum atomic E-state index is 12.0. The minimum Gasteiger partial charge on any atom is -0.416 e. The number of carbonyl (C=O) groups is 1. The second-order valence-electron chi connectivity index (χ2n) is 6.10. The van der Waals surface area contributed by atoms with Crippen LogP contribution in [-0.2, 0) is 0 Å². The first-order valence-corrected chi connectivity index (χ1v) is 8.01. The van der Waals surface area contributed by atoms with Crippen molar-refractivity contribution >= 4 is 5.91 Å². The lowest BCUT2D eigenvalue weighted by molar-refractivity contribution is 0.0951.